The average Bonchev–Trinajstić information content (AvgIpc) is 3.36. The van der Waals surface area contributed by atoms with E-state index in [9.17, 15) is 9.59 Å². The number of rotatable bonds is 6. The van der Waals surface area contributed by atoms with E-state index < -0.39 is 5.54 Å². The largest absolute Gasteiger partial charge is 0.353 e. The second-order valence-electron chi connectivity index (χ2n) is 6.71. The van der Waals surface area contributed by atoms with Crippen LogP contribution in [0.3, 0.4) is 0 Å². The Kier molecular flexibility index (Phi) is 4.27. The van der Waals surface area contributed by atoms with Gasteiger partial charge in [-0.2, -0.15) is 4.68 Å². The lowest BCUT2D eigenvalue weighted by atomic mass is 9.98. The molecule has 2 aromatic rings. The standard InChI is InChI=1S/C17H21N7O2/c25-14-17(9-4-5-10-17)19-16(26)23(14)12-6-11-18-15-20-21-22-24(15)13-7-2-1-3-8-13/h1-3,7-8H,4-6,9-12H2,(H,19,26)(H,18,20,22). The Bertz CT molecular complexity index is 798. The van der Waals surface area contributed by atoms with Gasteiger partial charge < -0.3 is 10.6 Å². The number of hydrogen-bond acceptors (Lipinski definition) is 6. The summed E-state index contributed by atoms with van der Waals surface area (Å²) in [6.45, 7) is 0.934. The minimum atomic E-state index is -0.637. The first-order chi connectivity index (χ1) is 12.7. The van der Waals surface area contributed by atoms with Gasteiger partial charge in [0.25, 0.3) is 5.91 Å². The van der Waals surface area contributed by atoms with E-state index in [1.807, 2.05) is 30.3 Å². The Labute approximate surface area is 150 Å². The molecule has 9 nitrogen and oxygen atoms in total. The smallest absolute Gasteiger partial charge is 0.325 e. The van der Waals surface area contributed by atoms with Gasteiger partial charge in [-0.05, 0) is 41.8 Å². The maximum atomic E-state index is 12.6. The molecule has 2 fully saturated rings. The summed E-state index contributed by atoms with van der Waals surface area (Å²) in [5.74, 6) is 0.454. The monoisotopic (exact) mass is 355 g/mol. The van der Waals surface area contributed by atoms with Crippen LogP contribution in [0.15, 0.2) is 30.3 Å². The number of carbonyl (C=O) groups excluding carboxylic acids is 2. The third-order valence-corrected chi connectivity index (χ3v) is 5.01. The fraction of sp³-hybridized carbons (Fsp3) is 0.471. The molecule has 4 rings (SSSR count). The van der Waals surface area contributed by atoms with Crippen molar-refractivity contribution in [1.82, 2.24) is 30.4 Å². The second kappa shape index (κ2) is 6.74. The third kappa shape index (κ3) is 2.89. The van der Waals surface area contributed by atoms with Crippen molar-refractivity contribution in [1.29, 1.82) is 0 Å². The first kappa shape index (κ1) is 16.5. The first-order valence-electron chi connectivity index (χ1n) is 8.91. The van der Waals surface area contributed by atoms with E-state index in [0.717, 1.165) is 31.4 Å². The molecule has 26 heavy (non-hydrogen) atoms. The van der Waals surface area contributed by atoms with Crippen LogP contribution in [0.25, 0.3) is 5.69 Å². The lowest BCUT2D eigenvalue weighted by molar-refractivity contribution is -0.131. The Hall–Kier alpha value is -2.97. The molecule has 9 heteroatoms. The molecular weight excluding hydrogens is 334 g/mol. The van der Waals surface area contributed by atoms with E-state index in [1.54, 1.807) is 4.68 Å². The summed E-state index contributed by atoms with van der Waals surface area (Å²) in [7, 11) is 0. The molecule has 1 aromatic carbocycles. The summed E-state index contributed by atoms with van der Waals surface area (Å²) < 4.78 is 1.61. The second-order valence-corrected chi connectivity index (χ2v) is 6.71. The molecule has 136 valence electrons. The minimum Gasteiger partial charge on any atom is -0.353 e. The van der Waals surface area contributed by atoms with E-state index >= 15 is 0 Å². The predicted molar refractivity (Wildman–Crippen MR) is 93.7 cm³/mol. The van der Waals surface area contributed by atoms with Crippen LogP contribution in [-0.2, 0) is 4.79 Å². The van der Waals surface area contributed by atoms with Gasteiger partial charge in [0.2, 0.25) is 5.95 Å². The molecule has 1 saturated carbocycles. The number of urea groups is 1. The summed E-state index contributed by atoms with van der Waals surface area (Å²) >= 11 is 0. The summed E-state index contributed by atoms with van der Waals surface area (Å²) in [6, 6.07) is 9.31. The van der Waals surface area contributed by atoms with Crippen LogP contribution in [0.1, 0.15) is 32.1 Å². The molecule has 0 radical (unpaired) electrons. The van der Waals surface area contributed by atoms with Crippen molar-refractivity contribution in [2.45, 2.75) is 37.6 Å². The number of nitrogens with zero attached hydrogens (tertiary/aromatic N) is 5. The van der Waals surface area contributed by atoms with Crippen molar-refractivity contribution in [2.75, 3.05) is 18.4 Å². The lowest BCUT2D eigenvalue weighted by Crippen LogP contribution is -2.44. The molecule has 2 N–H and O–H groups in total. The number of hydrogen-bond donors (Lipinski definition) is 2. The van der Waals surface area contributed by atoms with Gasteiger partial charge in [0.05, 0.1) is 5.69 Å². The van der Waals surface area contributed by atoms with Crippen LogP contribution in [0.2, 0.25) is 0 Å². The minimum absolute atomic E-state index is 0.0749. The zero-order chi connectivity index (χ0) is 18.0. The van der Waals surface area contributed by atoms with E-state index in [0.29, 0.717) is 25.5 Å². The highest BCUT2D eigenvalue weighted by Gasteiger charge is 2.51. The molecule has 2 aliphatic rings. The summed E-state index contributed by atoms with van der Waals surface area (Å²) in [5, 5.41) is 17.7. The van der Waals surface area contributed by atoms with Crippen LogP contribution in [0, 0.1) is 0 Å². The quantitative estimate of drug-likeness (QED) is 0.598. The maximum absolute atomic E-state index is 12.6. The van der Waals surface area contributed by atoms with Crippen molar-refractivity contribution in [3.63, 3.8) is 0 Å². The fourth-order valence-corrected chi connectivity index (χ4v) is 3.67. The molecule has 1 spiro atoms. The molecule has 1 aliphatic heterocycles. The van der Waals surface area contributed by atoms with E-state index in [2.05, 4.69) is 26.2 Å². The van der Waals surface area contributed by atoms with Gasteiger partial charge in [-0.15, -0.1) is 0 Å². The zero-order valence-corrected chi connectivity index (χ0v) is 14.4. The molecule has 2 heterocycles. The van der Waals surface area contributed by atoms with Gasteiger partial charge in [-0.3, -0.25) is 9.69 Å². The predicted octanol–water partition coefficient (Wildman–Crippen LogP) is 1.33. The Morgan fingerprint density at radius 2 is 1.92 bits per heavy atom. The van der Waals surface area contributed by atoms with Gasteiger partial charge in [-0.1, -0.05) is 36.1 Å². The lowest BCUT2D eigenvalue weighted by Gasteiger charge is -2.20. The molecule has 1 aliphatic carbocycles. The van der Waals surface area contributed by atoms with Crippen molar-refractivity contribution in [2.24, 2.45) is 0 Å². The molecule has 0 atom stereocenters. The summed E-state index contributed by atoms with van der Waals surface area (Å²) in [6.07, 6.45) is 4.10. The van der Waals surface area contributed by atoms with Crippen molar-refractivity contribution < 1.29 is 9.59 Å². The Balaban J connectivity index is 1.32. The van der Waals surface area contributed by atoms with E-state index in [-0.39, 0.29) is 11.9 Å². The highest BCUT2D eigenvalue weighted by Crippen LogP contribution is 2.34. The molecule has 1 aromatic heterocycles. The number of imide groups is 1. The topological polar surface area (TPSA) is 105 Å². The van der Waals surface area contributed by atoms with Crippen molar-refractivity contribution in [3.05, 3.63) is 30.3 Å². The summed E-state index contributed by atoms with van der Waals surface area (Å²) in [4.78, 5) is 26.1. The number of amides is 3. The van der Waals surface area contributed by atoms with E-state index in [4.69, 9.17) is 0 Å². The van der Waals surface area contributed by atoms with Crippen LogP contribution >= 0.6 is 0 Å². The average molecular weight is 355 g/mol. The van der Waals surface area contributed by atoms with Gasteiger partial charge in [-0.25, -0.2) is 4.79 Å². The number of para-hydroxylation sites is 1. The number of benzene rings is 1. The molecule has 0 unspecified atom stereocenters. The number of nitrogens with one attached hydrogen (secondary N) is 2. The van der Waals surface area contributed by atoms with E-state index in [1.165, 1.54) is 4.90 Å². The Morgan fingerprint density at radius 3 is 2.69 bits per heavy atom. The van der Waals surface area contributed by atoms with Gasteiger partial charge in [0.1, 0.15) is 5.54 Å². The van der Waals surface area contributed by atoms with Crippen LogP contribution < -0.4 is 10.6 Å². The maximum Gasteiger partial charge on any atom is 0.325 e. The zero-order valence-electron chi connectivity index (χ0n) is 14.4. The fourth-order valence-electron chi connectivity index (χ4n) is 3.67. The molecule has 0 bridgehead atoms. The Morgan fingerprint density at radius 1 is 1.15 bits per heavy atom. The first-order valence-corrected chi connectivity index (χ1v) is 8.91. The van der Waals surface area contributed by atoms with Crippen molar-refractivity contribution >= 4 is 17.9 Å². The number of aromatic nitrogens is 4. The van der Waals surface area contributed by atoms with Gasteiger partial charge in [0.15, 0.2) is 0 Å². The highest BCUT2D eigenvalue weighted by molar-refractivity contribution is 6.07. The normalized spacial score (nSPS) is 18.5. The van der Waals surface area contributed by atoms with Crippen molar-refractivity contribution in [3.8, 4) is 5.69 Å². The number of anilines is 1. The molecule has 1 saturated heterocycles. The van der Waals surface area contributed by atoms with Crippen LogP contribution in [0.4, 0.5) is 10.7 Å². The molecule has 3 amide bonds. The van der Waals surface area contributed by atoms with Crippen LogP contribution in [0.5, 0.6) is 0 Å². The number of tetrazole rings is 1. The third-order valence-electron chi connectivity index (χ3n) is 5.01. The van der Waals surface area contributed by atoms with Gasteiger partial charge in [0, 0.05) is 13.1 Å². The number of carbonyl (C=O) groups is 2. The molecular formula is C17H21N7O2. The van der Waals surface area contributed by atoms with Gasteiger partial charge >= 0.3 is 6.03 Å². The summed E-state index contributed by atoms with van der Waals surface area (Å²) in [5.41, 5.74) is 0.222. The van der Waals surface area contributed by atoms with Crippen LogP contribution in [-0.4, -0.2) is 55.7 Å². The SMILES string of the molecule is O=C1NC2(CCCC2)C(=O)N1CCCNc1nnnn1-c1ccccc1. The highest BCUT2D eigenvalue weighted by atomic mass is 16.2.